The van der Waals surface area contributed by atoms with Crippen LogP contribution in [0, 0.1) is 11.7 Å². The highest BCUT2D eigenvalue weighted by Gasteiger charge is 2.43. The molecule has 2 saturated heterocycles. The van der Waals surface area contributed by atoms with Gasteiger partial charge in [0.2, 0.25) is 5.91 Å². The number of hydrogen-bond acceptors (Lipinski definition) is 6. The zero-order chi connectivity index (χ0) is 23.5. The molecule has 2 N–H and O–H groups in total. The molecule has 10 heteroatoms. The van der Waals surface area contributed by atoms with Gasteiger partial charge < -0.3 is 15.0 Å². The van der Waals surface area contributed by atoms with Crippen LogP contribution in [0.1, 0.15) is 44.1 Å². The van der Waals surface area contributed by atoms with Crippen molar-refractivity contribution in [1.29, 1.82) is 0 Å². The number of nitrogens with one attached hydrogen (secondary N) is 2. The molecule has 1 aliphatic carbocycles. The summed E-state index contributed by atoms with van der Waals surface area (Å²) in [6.07, 6.45) is 4.39. The summed E-state index contributed by atoms with van der Waals surface area (Å²) in [7, 11) is -3.32. The summed E-state index contributed by atoms with van der Waals surface area (Å²) in [6, 6.07) is 4.33. The van der Waals surface area contributed by atoms with Crippen LogP contribution in [0.2, 0.25) is 0 Å². The van der Waals surface area contributed by atoms with Crippen molar-refractivity contribution in [3.05, 3.63) is 29.6 Å². The van der Waals surface area contributed by atoms with Crippen LogP contribution in [0.15, 0.2) is 18.2 Å². The molecule has 3 fully saturated rings. The maximum atomic E-state index is 14.2. The minimum absolute atomic E-state index is 0.0112. The summed E-state index contributed by atoms with van der Waals surface area (Å²) >= 11 is 0. The second-order valence-corrected chi connectivity index (χ2v) is 11.7. The van der Waals surface area contributed by atoms with Gasteiger partial charge in [-0.3, -0.25) is 10.1 Å². The first-order valence-electron chi connectivity index (χ1n) is 11.7. The molecule has 3 amide bonds. The first-order chi connectivity index (χ1) is 15.8. The normalized spacial score (nSPS) is 20.3. The molecule has 2 heterocycles. The van der Waals surface area contributed by atoms with Crippen LogP contribution in [0.4, 0.5) is 9.18 Å². The van der Waals surface area contributed by atoms with Gasteiger partial charge in [0.25, 0.3) is 0 Å². The van der Waals surface area contributed by atoms with E-state index >= 15 is 0 Å². The molecule has 33 heavy (non-hydrogen) atoms. The summed E-state index contributed by atoms with van der Waals surface area (Å²) < 4.78 is 45.6. The number of nitrogens with zero attached hydrogens (tertiary/aromatic N) is 1. The Morgan fingerprint density at radius 3 is 2.61 bits per heavy atom. The van der Waals surface area contributed by atoms with Gasteiger partial charge in [0.15, 0.2) is 21.4 Å². The van der Waals surface area contributed by atoms with E-state index in [1.54, 1.807) is 17.0 Å². The minimum atomic E-state index is -3.32. The molecule has 1 aromatic rings. The number of ether oxygens (including phenoxy) is 1. The number of unbranched alkanes of at least 4 members (excludes halogenated alkanes) is 2. The van der Waals surface area contributed by atoms with E-state index < -0.39 is 21.1 Å². The van der Waals surface area contributed by atoms with Crippen LogP contribution in [-0.4, -0.2) is 69.5 Å². The number of urea groups is 1. The average molecular weight is 482 g/mol. The molecule has 3 aliphatic rings. The molecule has 0 spiro atoms. The lowest BCUT2D eigenvalue weighted by atomic mass is 9.77. The van der Waals surface area contributed by atoms with Gasteiger partial charge in [-0.1, -0.05) is 12.5 Å². The molecule has 0 aromatic heterocycles. The lowest BCUT2D eigenvalue weighted by Gasteiger charge is -2.43. The molecule has 1 saturated carbocycles. The second kappa shape index (κ2) is 9.97. The first kappa shape index (κ1) is 23.9. The fourth-order valence-electron chi connectivity index (χ4n) is 4.36. The Bertz CT molecular complexity index is 992. The third-order valence-electron chi connectivity index (χ3n) is 6.66. The van der Waals surface area contributed by atoms with Crippen LogP contribution in [0.25, 0.3) is 0 Å². The van der Waals surface area contributed by atoms with Crippen molar-refractivity contribution in [2.45, 2.75) is 43.9 Å². The van der Waals surface area contributed by atoms with E-state index in [9.17, 15) is 22.4 Å². The standard InChI is InChI=1S/C23H32FN3O5S/c24-19-7-6-18(12-20(19)32-13-17-4-5-17)23(14-25-15-23)16-33(30,31)11-3-1-2-9-27-10-8-21(28)26-22(27)29/h6-7,12,17,25H,1-5,8-11,13-16H2,(H,26,28,29). The summed E-state index contributed by atoms with van der Waals surface area (Å²) in [5.74, 6) is 0.107. The van der Waals surface area contributed by atoms with E-state index in [1.807, 2.05) is 0 Å². The fraction of sp³-hybridized carbons (Fsp3) is 0.652. The molecule has 8 nitrogen and oxygen atoms in total. The maximum Gasteiger partial charge on any atom is 0.324 e. The van der Waals surface area contributed by atoms with E-state index in [-0.39, 0.29) is 29.2 Å². The summed E-state index contributed by atoms with van der Waals surface area (Å²) in [5, 5.41) is 5.46. The Balaban J connectivity index is 1.27. The molecule has 4 rings (SSSR count). The van der Waals surface area contributed by atoms with E-state index in [0.29, 0.717) is 64.4 Å². The van der Waals surface area contributed by atoms with Crippen LogP contribution < -0.4 is 15.4 Å². The zero-order valence-electron chi connectivity index (χ0n) is 18.8. The molecule has 0 atom stereocenters. The van der Waals surface area contributed by atoms with Crippen molar-refractivity contribution in [2.75, 3.05) is 44.3 Å². The minimum Gasteiger partial charge on any atom is -0.490 e. The van der Waals surface area contributed by atoms with Gasteiger partial charge in [-0.2, -0.15) is 0 Å². The van der Waals surface area contributed by atoms with E-state index in [4.69, 9.17) is 4.74 Å². The van der Waals surface area contributed by atoms with Gasteiger partial charge in [-0.15, -0.1) is 0 Å². The lowest BCUT2D eigenvalue weighted by molar-refractivity contribution is -0.121. The van der Waals surface area contributed by atoms with Crippen molar-refractivity contribution in [1.82, 2.24) is 15.5 Å². The highest BCUT2D eigenvalue weighted by molar-refractivity contribution is 7.91. The number of carbonyl (C=O) groups excluding carboxylic acids is 2. The monoisotopic (exact) mass is 481 g/mol. The van der Waals surface area contributed by atoms with E-state index in [1.165, 1.54) is 6.07 Å². The summed E-state index contributed by atoms with van der Waals surface area (Å²) in [4.78, 5) is 24.5. The molecule has 2 aliphatic heterocycles. The molecule has 182 valence electrons. The summed E-state index contributed by atoms with van der Waals surface area (Å²) in [5.41, 5.74) is 0.227. The maximum absolute atomic E-state index is 14.2. The highest BCUT2D eigenvalue weighted by atomic mass is 32.2. The van der Waals surface area contributed by atoms with Crippen LogP contribution in [0.3, 0.4) is 0 Å². The number of hydrogen-bond donors (Lipinski definition) is 2. The number of sulfone groups is 1. The lowest BCUT2D eigenvalue weighted by Crippen LogP contribution is -2.60. The van der Waals surface area contributed by atoms with E-state index in [0.717, 1.165) is 18.4 Å². The highest BCUT2D eigenvalue weighted by Crippen LogP contribution is 2.35. The Kier molecular flexibility index (Phi) is 7.23. The predicted octanol–water partition coefficient (Wildman–Crippen LogP) is 1.98. The average Bonchev–Trinajstić information content (AvgIpc) is 3.56. The van der Waals surface area contributed by atoms with Crippen molar-refractivity contribution >= 4 is 21.8 Å². The molecule has 0 bridgehead atoms. The van der Waals surface area contributed by atoms with Crippen LogP contribution in [0.5, 0.6) is 5.75 Å². The predicted molar refractivity (Wildman–Crippen MR) is 121 cm³/mol. The van der Waals surface area contributed by atoms with Gasteiger partial charge in [0, 0.05) is 38.0 Å². The van der Waals surface area contributed by atoms with Crippen molar-refractivity contribution in [3.63, 3.8) is 0 Å². The largest absolute Gasteiger partial charge is 0.490 e. The van der Waals surface area contributed by atoms with Gasteiger partial charge in [-0.25, -0.2) is 17.6 Å². The third kappa shape index (κ3) is 6.23. The number of carbonyl (C=O) groups is 2. The van der Waals surface area contributed by atoms with Crippen molar-refractivity contribution in [3.8, 4) is 5.75 Å². The van der Waals surface area contributed by atoms with Crippen LogP contribution >= 0.6 is 0 Å². The van der Waals surface area contributed by atoms with Gasteiger partial charge in [0.1, 0.15) is 0 Å². The van der Waals surface area contributed by atoms with Gasteiger partial charge in [-0.05, 0) is 49.3 Å². The van der Waals surface area contributed by atoms with Crippen LogP contribution in [-0.2, 0) is 20.0 Å². The zero-order valence-corrected chi connectivity index (χ0v) is 19.6. The smallest absolute Gasteiger partial charge is 0.324 e. The Labute approximate surface area is 194 Å². The topological polar surface area (TPSA) is 105 Å². The number of halogens is 1. The number of benzene rings is 1. The Hall–Kier alpha value is -2.20. The number of amides is 3. The fourth-order valence-corrected chi connectivity index (χ4v) is 6.36. The molecular weight excluding hydrogens is 449 g/mol. The molecule has 0 unspecified atom stereocenters. The molecular formula is C23H32FN3O5S. The van der Waals surface area contributed by atoms with Crippen molar-refractivity contribution in [2.24, 2.45) is 5.92 Å². The SMILES string of the molecule is O=C1CCN(CCCCCS(=O)(=O)CC2(c3ccc(F)c(OCC4CC4)c3)CNC2)C(=O)N1. The Morgan fingerprint density at radius 1 is 1.15 bits per heavy atom. The number of rotatable bonds is 12. The van der Waals surface area contributed by atoms with Gasteiger partial charge >= 0.3 is 6.03 Å². The first-order valence-corrected chi connectivity index (χ1v) is 13.5. The van der Waals surface area contributed by atoms with Crippen molar-refractivity contribution < 1.29 is 27.1 Å². The molecule has 1 aromatic carbocycles. The van der Waals surface area contributed by atoms with Gasteiger partial charge in [0.05, 0.1) is 18.1 Å². The Morgan fingerprint density at radius 2 is 1.94 bits per heavy atom. The quantitative estimate of drug-likeness (QED) is 0.443. The van der Waals surface area contributed by atoms with E-state index in [2.05, 4.69) is 10.6 Å². The molecule has 0 radical (unpaired) electrons. The second-order valence-electron chi connectivity index (χ2n) is 9.53. The summed E-state index contributed by atoms with van der Waals surface area (Å²) in [6.45, 7) is 2.47. The third-order valence-corrected chi connectivity index (χ3v) is 8.57. The number of imide groups is 1.